The lowest BCUT2D eigenvalue weighted by Gasteiger charge is -2.03. The van der Waals surface area contributed by atoms with Crippen LogP contribution in [0, 0.1) is 0 Å². The van der Waals surface area contributed by atoms with E-state index in [1.54, 1.807) is 6.26 Å². The Balaban J connectivity index is 3.72. The van der Waals surface area contributed by atoms with Crippen molar-refractivity contribution < 1.29 is 9.59 Å². The van der Waals surface area contributed by atoms with Gasteiger partial charge in [0, 0.05) is 6.42 Å². The number of hydrogen-bond donors (Lipinski definition) is 2. The molecule has 0 fully saturated rings. The summed E-state index contributed by atoms with van der Waals surface area (Å²) in [6.45, 7) is 0. The first kappa shape index (κ1) is 9.45. The Kier molecular flexibility index (Phi) is 4.06. The van der Waals surface area contributed by atoms with Gasteiger partial charge in [0.2, 0.25) is 11.0 Å². The maximum Gasteiger partial charge on any atom is 0.219 e. The van der Waals surface area contributed by atoms with E-state index in [4.69, 9.17) is 11.5 Å². The number of carbonyl (C=O) groups is 2. The Morgan fingerprint density at radius 2 is 2.10 bits per heavy atom. The molecule has 0 bridgehead atoms. The highest BCUT2D eigenvalue weighted by molar-refractivity contribution is 8.13. The van der Waals surface area contributed by atoms with E-state index in [0.717, 1.165) is 11.8 Å². The van der Waals surface area contributed by atoms with E-state index < -0.39 is 11.9 Å². The molecule has 0 aliphatic heterocycles. The number of nitrogens with two attached hydrogens (primary N) is 2. The van der Waals surface area contributed by atoms with Gasteiger partial charge in [0.05, 0.1) is 6.04 Å². The van der Waals surface area contributed by atoms with Gasteiger partial charge in [-0.15, -0.1) is 0 Å². The first-order valence-electron chi connectivity index (χ1n) is 2.69. The zero-order valence-corrected chi connectivity index (χ0v) is 6.48. The monoisotopic (exact) mass is 162 g/mol. The van der Waals surface area contributed by atoms with Gasteiger partial charge in [-0.1, -0.05) is 11.8 Å². The van der Waals surface area contributed by atoms with Crippen LogP contribution < -0.4 is 11.5 Å². The van der Waals surface area contributed by atoms with Crippen molar-refractivity contribution in [2.75, 3.05) is 6.26 Å². The lowest BCUT2D eigenvalue weighted by Crippen LogP contribution is -2.33. The van der Waals surface area contributed by atoms with Crippen molar-refractivity contribution >= 4 is 22.8 Å². The van der Waals surface area contributed by atoms with Crippen molar-refractivity contribution in [2.45, 2.75) is 12.5 Å². The third-order valence-corrected chi connectivity index (χ3v) is 1.63. The van der Waals surface area contributed by atoms with Crippen LogP contribution >= 0.6 is 11.8 Å². The fourth-order valence-corrected chi connectivity index (χ4v) is 0.838. The molecule has 0 unspecified atom stereocenters. The summed E-state index contributed by atoms with van der Waals surface area (Å²) in [6, 6.07) is -0.743. The molecule has 4 N–H and O–H groups in total. The average molecular weight is 162 g/mol. The summed E-state index contributed by atoms with van der Waals surface area (Å²) < 4.78 is 0. The van der Waals surface area contributed by atoms with Crippen LogP contribution in [0.15, 0.2) is 0 Å². The Labute approximate surface area is 63.3 Å². The van der Waals surface area contributed by atoms with Crippen molar-refractivity contribution in [3.05, 3.63) is 0 Å². The first-order chi connectivity index (χ1) is 4.57. The predicted molar refractivity (Wildman–Crippen MR) is 40.3 cm³/mol. The molecule has 0 aromatic rings. The van der Waals surface area contributed by atoms with Crippen molar-refractivity contribution in [3.8, 4) is 0 Å². The second kappa shape index (κ2) is 4.29. The van der Waals surface area contributed by atoms with Gasteiger partial charge in [-0.05, 0) is 6.26 Å². The Morgan fingerprint density at radius 1 is 1.60 bits per heavy atom. The summed E-state index contributed by atoms with van der Waals surface area (Å²) in [6.07, 6.45) is 1.54. The summed E-state index contributed by atoms with van der Waals surface area (Å²) in [5.74, 6) is -0.546. The van der Waals surface area contributed by atoms with Crippen LogP contribution in [0.2, 0.25) is 0 Å². The van der Waals surface area contributed by atoms with E-state index in [1.165, 1.54) is 0 Å². The van der Waals surface area contributed by atoms with E-state index in [1.807, 2.05) is 0 Å². The standard InChI is InChI=1S/C5H10N2O2S/c1-10-5(9)3(6)2-4(7)8/h3H,2,6H2,1H3,(H2,7,8)/t3-/m1/s1. The molecule has 0 aliphatic rings. The first-order valence-corrected chi connectivity index (χ1v) is 3.92. The van der Waals surface area contributed by atoms with Crippen LogP contribution in [0.4, 0.5) is 0 Å². The molecule has 0 aliphatic carbocycles. The van der Waals surface area contributed by atoms with Crippen LogP contribution in [-0.4, -0.2) is 23.3 Å². The Bertz CT molecular complexity index is 149. The number of thioether (sulfide) groups is 1. The Hall–Kier alpha value is -0.550. The number of rotatable bonds is 3. The topological polar surface area (TPSA) is 86.2 Å². The van der Waals surface area contributed by atoms with Gasteiger partial charge in [0.25, 0.3) is 0 Å². The van der Waals surface area contributed by atoms with Crippen molar-refractivity contribution in [2.24, 2.45) is 11.5 Å². The lowest BCUT2D eigenvalue weighted by atomic mass is 10.2. The number of primary amides is 1. The summed E-state index contributed by atoms with van der Waals surface area (Å²) >= 11 is 1.00. The molecular weight excluding hydrogens is 152 g/mol. The van der Waals surface area contributed by atoms with Gasteiger partial charge in [-0.3, -0.25) is 9.59 Å². The summed E-state index contributed by atoms with van der Waals surface area (Å²) in [4.78, 5) is 20.9. The molecule has 0 radical (unpaired) electrons. The molecule has 0 saturated heterocycles. The van der Waals surface area contributed by atoms with Gasteiger partial charge in [0.1, 0.15) is 0 Å². The van der Waals surface area contributed by atoms with Gasteiger partial charge in [0.15, 0.2) is 0 Å². The maximum absolute atomic E-state index is 10.7. The molecule has 0 saturated carbocycles. The van der Waals surface area contributed by atoms with Crippen LogP contribution in [-0.2, 0) is 9.59 Å². The number of amides is 1. The van der Waals surface area contributed by atoms with Crippen LogP contribution in [0.5, 0.6) is 0 Å². The normalized spacial score (nSPS) is 12.6. The molecule has 4 nitrogen and oxygen atoms in total. The minimum absolute atomic E-state index is 0.0698. The number of hydrogen-bond acceptors (Lipinski definition) is 4. The minimum atomic E-state index is -0.743. The van der Waals surface area contributed by atoms with Crippen molar-refractivity contribution in [3.63, 3.8) is 0 Å². The van der Waals surface area contributed by atoms with E-state index in [0.29, 0.717) is 0 Å². The van der Waals surface area contributed by atoms with Crippen LogP contribution in [0.25, 0.3) is 0 Å². The van der Waals surface area contributed by atoms with Crippen molar-refractivity contribution in [1.82, 2.24) is 0 Å². The average Bonchev–Trinajstić information content (AvgIpc) is 1.85. The zero-order valence-electron chi connectivity index (χ0n) is 5.66. The zero-order chi connectivity index (χ0) is 8.15. The van der Waals surface area contributed by atoms with Crippen LogP contribution in [0.1, 0.15) is 6.42 Å². The maximum atomic E-state index is 10.7. The number of carbonyl (C=O) groups excluding carboxylic acids is 2. The van der Waals surface area contributed by atoms with Gasteiger partial charge < -0.3 is 11.5 Å². The lowest BCUT2D eigenvalue weighted by molar-refractivity contribution is -0.121. The molecule has 1 amide bonds. The predicted octanol–water partition coefficient (Wildman–Crippen LogP) is -0.921. The van der Waals surface area contributed by atoms with E-state index >= 15 is 0 Å². The highest BCUT2D eigenvalue weighted by Gasteiger charge is 2.13. The molecule has 10 heavy (non-hydrogen) atoms. The molecule has 58 valence electrons. The van der Waals surface area contributed by atoms with Crippen molar-refractivity contribution in [1.29, 1.82) is 0 Å². The van der Waals surface area contributed by atoms with Crippen LogP contribution in [0.3, 0.4) is 0 Å². The minimum Gasteiger partial charge on any atom is -0.370 e. The van der Waals surface area contributed by atoms with Gasteiger partial charge >= 0.3 is 0 Å². The van der Waals surface area contributed by atoms with E-state index in [-0.39, 0.29) is 11.5 Å². The SMILES string of the molecule is CSC(=O)[C@H](N)CC(N)=O. The molecule has 0 spiro atoms. The largest absolute Gasteiger partial charge is 0.370 e. The third-order valence-electron chi connectivity index (χ3n) is 0.925. The summed E-state index contributed by atoms with van der Waals surface area (Å²) in [5, 5.41) is -0.209. The highest BCUT2D eigenvalue weighted by atomic mass is 32.2. The smallest absolute Gasteiger partial charge is 0.219 e. The fraction of sp³-hybridized carbons (Fsp3) is 0.600. The molecule has 0 aromatic carbocycles. The van der Waals surface area contributed by atoms with Gasteiger partial charge in [-0.2, -0.15) is 0 Å². The fourth-order valence-electron chi connectivity index (χ4n) is 0.451. The molecule has 1 atom stereocenters. The summed E-state index contributed by atoms with van der Waals surface area (Å²) in [5.41, 5.74) is 10.1. The third kappa shape index (κ3) is 3.47. The molecule has 0 rings (SSSR count). The molecule has 0 aromatic heterocycles. The second-order valence-corrected chi connectivity index (χ2v) is 2.61. The highest BCUT2D eigenvalue weighted by Crippen LogP contribution is 2.00. The van der Waals surface area contributed by atoms with E-state index in [2.05, 4.69) is 0 Å². The summed E-state index contributed by atoms with van der Waals surface area (Å²) in [7, 11) is 0. The molecule has 5 heteroatoms. The van der Waals surface area contributed by atoms with E-state index in [9.17, 15) is 9.59 Å². The second-order valence-electron chi connectivity index (χ2n) is 1.80. The van der Waals surface area contributed by atoms with Gasteiger partial charge in [-0.25, -0.2) is 0 Å². The molecule has 0 heterocycles. The quantitative estimate of drug-likeness (QED) is 0.562. The molecular formula is C5H10N2O2S. The Morgan fingerprint density at radius 3 is 2.40 bits per heavy atom.